The van der Waals surface area contributed by atoms with E-state index in [9.17, 15) is 4.79 Å². The molecule has 1 aromatic rings. The quantitative estimate of drug-likeness (QED) is 0.680. The monoisotopic (exact) mass is 413 g/mol. The SMILES string of the molecule is CC1CCCC(C)N1CCCCCN1C(=O)C(C2CCCNC2)Oc2ccccc21. The number of nitrogens with one attached hydrogen (secondary N) is 1. The van der Waals surface area contributed by atoms with E-state index in [4.69, 9.17) is 4.74 Å². The van der Waals surface area contributed by atoms with Crippen LogP contribution in [-0.2, 0) is 4.79 Å². The topological polar surface area (TPSA) is 44.8 Å². The van der Waals surface area contributed by atoms with E-state index < -0.39 is 0 Å². The Morgan fingerprint density at radius 1 is 1.00 bits per heavy atom. The summed E-state index contributed by atoms with van der Waals surface area (Å²) in [4.78, 5) is 18.0. The van der Waals surface area contributed by atoms with Gasteiger partial charge in [0.25, 0.3) is 5.91 Å². The molecule has 0 bridgehead atoms. The number of nitrogens with zero attached hydrogens (tertiary/aromatic N) is 2. The van der Waals surface area contributed by atoms with Crippen LogP contribution in [0.3, 0.4) is 0 Å². The molecule has 4 unspecified atom stereocenters. The van der Waals surface area contributed by atoms with Crippen molar-refractivity contribution in [1.82, 2.24) is 10.2 Å². The number of hydrogen-bond donors (Lipinski definition) is 1. The second-order valence-electron chi connectivity index (χ2n) is 9.53. The Hall–Kier alpha value is -1.59. The molecule has 1 aromatic carbocycles. The summed E-state index contributed by atoms with van der Waals surface area (Å²) in [5, 5.41) is 3.43. The number of ether oxygens (including phenoxy) is 1. The number of carbonyl (C=O) groups is 1. The molecule has 3 aliphatic rings. The van der Waals surface area contributed by atoms with Crippen LogP contribution in [-0.4, -0.2) is 55.2 Å². The van der Waals surface area contributed by atoms with E-state index in [0.717, 1.165) is 50.3 Å². The molecular weight excluding hydrogens is 374 g/mol. The Kier molecular flexibility index (Phi) is 7.32. The average molecular weight is 414 g/mol. The molecule has 1 amide bonds. The first-order chi connectivity index (χ1) is 14.6. The van der Waals surface area contributed by atoms with E-state index in [1.165, 1.54) is 38.6 Å². The van der Waals surface area contributed by atoms with Crippen LogP contribution in [0.5, 0.6) is 5.75 Å². The first-order valence-corrected chi connectivity index (χ1v) is 12.2. The zero-order chi connectivity index (χ0) is 20.9. The number of fused-ring (bicyclic) bond motifs is 1. The Bertz CT molecular complexity index is 693. The van der Waals surface area contributed by atoms with E-state index in [-0.39, 0.29) is 17.9 Å². The number of amides is 1. The third-order valence-electron chi connectivity index (χ3n) is 7.36. The summed E-state index contributed by atoms with van der Waals surface area (Å²) >= 11 is 0. The highest BCUT2D eigenvalue weighted by Crippen LogP contribution is 2.36. The van der Waals surface area contributed by atoms with Gasteiger partial charge in [-0.15, -0.1) is 0 Å². The van der Waals surface area contributed by atoms with Gasteiger partial charge in [0.15, 0.2) is 6.10 Å². The third kappa shape index (κ3) is 4.83. The Labute approximate surface area is 182 Å². The first-order valence-electron chi connectivity index (χ1n) is 12.2. The largest absolute Gasteiger partial charge is 0.478 e. The summed E-state index contributed by atoms with van der Waals surface area (Å²) in [7, 11) is 0. The standard InChI is InChI=1S/C25H39N3O2/c1-19-10-8-11-20(2)27(19)16-6-3-7-17-28-22-13-4-5-14-23(22)30-24(25(28)29)21-12-9-15-26-18-21/h4-5,13-14,19-21,24,26H,3,6-12,15-18H2,1-2H3. The maximum Gasteiger partial charge on any atom is 0.268 e. The van der Waals surface area contributed by atoms with Crippen LogP contribution in [0.1, 0.15) is 65.2 Å². The molecule has 1 N–H and O–H groups in total. The van der Waals surface area contributed by atoms with Crippen LogP contribution >= 0.6 is 0 Å². The number of likely N-dealkylation sites (tertiary alicyclic amines) is 1. The zero-order valence-electron chi connectivity index (χ0n) is 18.8. The van der Waals surface area contributed by atoms with E-state index >= 15 is 0 Å². The minimum absolute atomic E-state index is 0.153. The molecule has 0 spiro atoms. The van der Waals surface area contributed by atoms with Gasteiger partial charge in [0, 0.05) is 31.1 Å². The van der Waals surface area contributed by atoms with Gasteiger partial charge in [-0.05, 0) is 77.6 Å². The van der Waals surface area contributed by atoms with Crippen LogP contribution in [0.4, 0.5) is 5.69 Å². The van der Waals surface area contributed by atoms with Crippen molar-refractivity contribution in [2.24, 2.45) is 5.92 Å². The predicted octanol–water partition coefficient (Wildman–Crippen LogP) is 4.21. The lowest BCUT2D eigenvalue weighted by Crippen LogP contribution is -2.52. The van der Waals surface area contributed by atoms with Gasteiger partial charge in [0.1, 0.15) is 5.75 Å². The van der Waals surface area contributed by atoms with Crippen LogP contribution in [0, 0.1) is 5.92 Å². The minimum Gasteiger partial charge on any atom is -0.478 e. The van der Waals surface area contributed by atoms with Crippen LogP contribution < -0.4 is 15.0 Å². The number of rotatable bonds is 7. The van der Waals surface area contributed by atoms with E-state index in [1.54, 1.807) is 0 Å². The molecule has 4 atom stereocenters. The number of carbonyl (C=O) groups excluding carboxylic acids is 1. The number of anilines is 1. The molecule has 5 nitrogen and oxygen atoms in total. The molecule has 0 aromatic heterocycles. The number of hydrogen-bond acceptors (Lipinski definition) is 4. The predicted molar refractivity (Wildman–Crippen MR) is 122 cm³/mol. The molecule has 3 heterocycles. The number of unbranched alkanes of at least 4 members (excludes halogenated alkanes) is 2. The number of piperidine rings is 2. The second-order valence-corrected chi connectivity index (χ2v) is 9.53. The van der Waals surface area contributed by atoms with Crippen molar-refractivity contribution in [3.05, 3.63) is 24.3 Å². The van der Waals surface area contributed by atoms with Crippen LogP contribution in [0.25, 0.3) is 0 Å². The zero-order valence-corrected chi connectivity index (χ0v) is 18.8. The van der Waals surface area contributed by atoms with Gasteiger partial charge >= 0.3 is 0 Å². The fourth-order valence-electron chi connectivity index (χ4n) is 5.56. The Balaban J connectivity index is 1.33. The molecule has 2 fully saturated rings. The van der Waals surface area contributed by atoms with Crippen molar-refractivity contribution >= 4 is 11.6 Å². The fraction of sp³-hybridized carbons (Fsp3) is 0.720. The summed E-state index contributed by atoms with van der Waals surface area (Å²) in [5.74, 6) is 1.29. The second kappa shape index (κ2) is 10.1. The highest BCUT2D eigenvalue weighted by Gasteiger charge is 2.39. The first kappa shape index (κ1) is 21.6. The van der Waals surface area contributed by atoms with Gasteiger partial charge in [0.05, 0.1) is 5.69 Å². The van der Waals surface area contributed by atoms with Crippen LogP contribution in [0.2, 0.25) is 0 Å². The molecule has 2 saturated heterocycles. The summed E-state index contributed by atoms with van der Waals surface area (Å²) in [5.41, 5.74) is 0.945. The molecule has 0 saturated carbocycles. The lowest BCUT2D eigenvalue weighted by atomic mass is 9.91. The lowest BCUT2D eigenvalue weighted by Gasteiger charge is -2.39. The summed E-state index contributed by atoms with van der Waals surface area (Å²) in [6, 6.07) is 9.47. The normalized spacial score (nSPS) is 30.1. The number of para-hydroxylation sites is 2. The molecule has 3 aliphatic heterocycles. The van der Waals surface area contributed by atoms with Gasteiger partial charge in [-0.2, -0.15) is 0 Å². The van der Waals surface area contributed by atoms with Crippen molar-refractivity contribution in [2.75, 3.05) is 31.1 Å². The van der Waals surface area contributed by atoms with Crippen molar-refractivity contribution in [3.8, 4) is 5.75 Å². The molecule has 4 rings (SSSR count). The lowest BCUT2D eigenvalue weighted by molar-refractivity contribution is -0.129. The van der Waals surface area contributed by atoms with Gasteiger partial charge in [-0.3, -0.25) is 9.69 Å². The van der Waals surface area contributed by atoms with Crippen molar-refractivity contribution in [1.29, 1.82) is 0 Å². The third-order valence-corrected chi connectivity index (χ3v) is 7.36. The smallest absolute Gasteiger partial charge is 0.268 e. The van der Waals surface area contributed by atoms with Crippen LogP contribution in [0.15, 0.2) is 24.3 Å². The Morgan fingerprint density at radius 2 is 1.77 bits per heavy atom. The fourth-order valence-corrected chi connectivity index (χ4v) is 5.56. The van der Waals surface area contributed by atoms with E-state index in [2.05, 4.69) is 24.1 Å². The van der Waals surface area contributed by atoms with Crippen molar-refractivity contribution in [3.63, 3.8) is 0 Å². The average Bonchev–Trinajstić information content (AvgIpc) is 2.77. The molecule has 30 heavy (non-hydrogen) atoms. The summed E-state index contributed by atoms with van der Waals surface area (Å²) in [6.45, 7) is 8.65. The maximum atomic E-state index is 13.3. The number of benzene rings is 1. The van der Waals surface area contributed by atoms with Crippen molar-refractivity contribution in [2.45, 2.75) is 83.4 Å². The Morgan fingerprint density at radius 3 is 2.53 bits per heavy atom. The summed E-state index contributed by atoms with van der Waals surface area (Å²) in [6.07, 6.45) is 9.30. The molecule has 5 heteroatoms. The summed E-state index contributed by atoms with van der Waals surface area (Å²) < 4.78 is 6.21. The van der Waals surface area contributed by atoms with Crippen molar-refractivity contribution < 1.29 is 9.53 Å². The van der Waals surface area contributed by atoms with Gasteiger partial charge in [-0.1, -0.05) is 25.0 Å². The van der Waals surface area contributed by atoms with E-state index in [1.807, 2.05) is 29.2 Å². The minimum atomic E-state index is -0.345. The molecule has 0 radical (unpaired) electrons. The van der Waals surface area contributed by atoms with Gasteiger partial charge in [0.2, 0.25) is 0 Å². The molecule has 0 aliphatic carbocycles. The molecule has 166 valence electrons. The maximum absolute atomic E-state index is 13.3. The molecular formula is C25H39N3O2. The highest BCUT2D eigenvalue weighted by molar-refractivity contribution is 6.00. The highest BCUT2D eigenvalue weighted by atomic mass is 16.5. The van der Waals surface area contributed by atoms with E-state index in [0.29, 0.717) is 12.1 Å². The van der Waals surface area contributed by atoms with Gasteiger partial charge in [-0.25, -0.2) is 0 Å². The van der Waals surface area contributed by atoms with Gasteiger partial charge < -0.3 is 15.0 Å².